The molecule has 0 bridgehead atoms. The van der Waals surface area contributed by atoms with Crippen molar-refractivity contribution >= 4 is 5.95 Å². The Morgan fingerprint density at radius 1 is 1.14 bits per heavy atom. The molecule has 1 atom stereocenters. The minimum atomic E-state index is 0.183. The third-order valence-corrected chi connectivity index (χ3v) is 3.89. The maximum Gasteiger partial charge on any atom is 0.225 e. The molecule has 0 aliphatic carbocycles. The van der Waals surface area contributed by atoms with Crippen LogP contribution in [0.5, 0.6) is 0 Å². The summed E-state index contributed by atoms with van der Waals surface area (Å²) < 4.78 is 5.21. The number of hydrogen-bond donors (Lipinski definition) is 1. The van der Waals surface area contributed by atoms with E-state index in [1.165, 1.54) is 0 Å². The van der Waals surface area contributed by atoms with E-state index in [4.69, 9.17) is 10.5 Å². The van der Waals surface area contributed by atoms with E-state index in [2.05, 4.69) is 35.6 Å². The quantitative estimate of drug-likeness (QED) is 0.718. The summed E-state index contributed by atoms with van der Waals surface area (Å²) in [6, 6.07) is 0.631. The molecule has 0 fully saturated rings. The van der Waals surface area contributed by atoms with Crippen LogP contribution in [0, 0.1) is 0 Å². The third-order valence-electron chi connectivity index (χ3n) is 3.89. The van der Waals surface area contributed by atoms with Crippen molar-refractivity contribution in [3.05, 3.63) is 18.0 Å². The maximum atomic E-state index is 5.98. The highest BCUT2D eigenvalue weighted by atomic mass is 16.5. The highest BCUT2D eigenvalue weighted by Crippen LogP contribution is 2.16. The summed E-state index contributed by atoms with van der Waals surface area (Å²) >= 11 is 0. The Labute approximate surface area is 128 Å². The maximum absolute atomic E-state index is 5.98. The first-order valence-electron chi connectivity index (χ1n) is 7.98. The van der Waals surface area contributed by atoms with Crippen LogP contribution in [0.25, 0.3) is 0 Å². The average Bonchev–Trinajstić information content (AvgIpc) is 2.52. The Morgan fingerprint density at radius 2 is 1.76 bits per heavy atom. The van der Waals surface area contributed by atoms with Gasteiger partial charge in [-0.3, -0.25) is 0 Å². The Bertz CT molecular complexity index is 378. The molecule has 0 amide bonds. The van der Waals surface area contributed by atoms with Crippen molar-refractivity contribution < 1.29 is 4.74 Å². The molecule has 0 radical (unpaired) electrons. The second kappa shape index (κ2) is 9.68. The van der Waals surface area contributed by atoms with E-state index >= 15 is 0 Å². The molecule has 120 valence electrons. The van der Waals surface area contributed by atoms with Crippen LogP contribution in [0.2, 0.25) is 0 Å². The van der Waals surface area contributed by atoms with Crippen molar-refractivity contribution in [2.24, 2.45) is 5.73 Å². The van der Waals surface area contributed by atoms with Crippen molar-refractivity contribution in [1.29, 1.82) is 0 Å². The lowest BCUT2D eigenvalue weighted by molar-refractivity contribution is 0.202. The molecule has 21 heavy (non-hydrogen) atoms. The summed E-state index contributed by atoms with van der Waals surface area (Å²) in [7, 11) is 1.72. The molecule has 5 nitrogen and oxygen atoms in total. The van der Waals surface area contributed by atoms with E-state index in [-0.39, 0.29) is 6.04 Å². The van der Waals surface area contributed by atoms with Crippen LogP contribution in [0.4, 0.5) is 5.95 Å². The molecule has 1 rings (SSSR count). The monoisotopic (exact) mass is 294 g/mol. The van der Waals surface area contributed by atoms with Crippen LogP contribution in [-0.2, 0) is 11.2 Å². The molecule has 1 aromatic rings. The first-order valence-corrected chi connectivity index (χ1v) is 7.98. The second-order valence-electron chi connectivity index (χ2n) is 5.42. The summed E-state index contributed by atoms with van der Waals surface area (Å²) in [5, 5.41) is 0. The van der Waals surface area contributed by atoms with Gasteiger partial charge in [-0.05, 0) is 31.2 Å². The molecule has 0 spiro atoms. The Morgan fingerprint density at radius 3 is 2.24 bits per heavy atom. The molecule has 2 N–H and O–H groups in total. The van der Waals surface area contributed by atoms with Gasteiger partial charge < -0.3 is 15.4 Å². The Kier molecular flexibility index (Phi) is 8.23. The fraction of sp³-hybridized carbons (Fsp3) is 0.750. The fourth-order valence-corrected chi connectivity index (χ4v) is 2.41. The predicted molar refractivity (Wildman–Crippen MR) is 87.6 cm³/mol. The van der Waals surface area contributed by atoms with Crippen molar-refractivity contribution in [3.8, 4) is 0 Å². The zero-order valence-electron chi connectivity index (χ0n) is 13.9. The third kappa shape index (κ3) is 5.59. The molecular weight excluding hydrogens is 264 g/mol. The number of nitrogens with two attached hydrogens (primary N) is 1. The smallest absolute Gasteiger partial charge is 0.225 e. The second-order valence-corrected chi connectivity index (χ2v) is 5.42. The molecular formula is C16H30N4O. The molecule has 5 heteroatoms. The number of aromatic nitrogens is 2. The first kappa shape index (κ1) is 17.9. The van der Waals surface area contributed by atoms with E-state index in [0.29, 0.717) is 12.6 Å². The summed E-state index contributed by atoms with van der Waals surface area (Å²) in [6.45, 7) is 7.99. The summed E-state index contributed by atoms with van der Waals surface area (Å²) in [5.41, 5.74) is 7.08. The van der Waals surface area contributed by atoms with E-state index in [9.17, 15) is 0 Å². The van der Waals surface area contributed by atoms with Gasteiger partial charge in [0.2, 0.25) is 5.95 Å². The van der Waals surface area contributed by atoms with Gasteiger partial charge in [-0.15, -0.1) is 0 Å². The van der Waals surface area contributed by atoms with Crippen molar-refractivity contribution in [2.45, 2.75) is 58.5 Å². The number of methoxy groups -OCH3 is 1. The van der Waals surface area contributed by atoms with Crippen molar-refractivity contribution in [2.75, 3.05) is 25.2 Å². The van der Waals surface area contributed by atoms with Crippen LogP contribution in [-0.4, -0.2) is 42.3 Å². The SMILES string of the molecule is CCC(N)Cc1cnc(N(CCOC)C(CC)CC)nc1. The van der Waals surface area contributed by atoms with Crippen LogP contribution in [0.3, 0.4) is 0 Å². The fourth-order valence-electron chi connectivity index (χ4n) is 2.41. The van der Waals surface area contributed by atoms with Gasteiger partial charge in [-0.1, -0.05) is 20.8 Å². The highest BCUT2D eigenvalue weighted by molar-refractivity contribution is 5.31. The number of hydrogen-bond acceptors (Lipinski definition) is 5. The van der Waals surface area contributed by atoms with Crippen molar-refractivity contribution in [1.82, 2.24) is 9.97 Å². The lowest BCUT2D eigenvalue weighted by atomic mass is 10.1. The van der Waals surface area contributed by atoms with Crippen LogP contribution < -0.4 is 10.6 Å². The number of rotatable bonds is 10. The van der Waals surface area contributed by atoms with E-state index in [1.54, 1.807) is 7.11 Å². The minimum absolute atomic E-state index is 0.183. The van der Waals surface area contributed by atoms with Gasteiger partial charge in [-0.2, -0.15) is 0 Å². The van der Waals surface area contributed by atoms with E-state index in [0.717, 1.165) is 43.7 Å². The van der Waals surface area contributed by atoms with E-state index < -0.39 is 0 Å². The normalized spacial score (nSPS) is 12.7. The van der Waals surface area contributed by atoms with Crippen LogP contribution >= 0.6 is 0 Å². The van der Waals surface area contributed by atoms with Gasteiger partial charge in [0.1, 0.15) is 0 Å². The molecule has 1 aromatic heterocycles. The average molecular weight is 294 g/mol. The van der Waals surface area contributed by atoms with Crippen LogP contribution in [0.15, 0.2) is 12.4 Å². The topological polar surface area (TPSA) is 64.3 Å². The van der Waals surface area contributed by atoms with Gasteiger partial charge in [0.05, 0.1) is 6.61 Å². The standard InChI is InChI=1S/C16H30N4O/c1-5-14(17)10-13-11-18-16(19-12-13)20(8-9-21-4)15(6-2)7-3/h11-12,14-15H,5-10,17H2,1-4H3. The summed E-state index contributed by atoms with van der Waals surface area (Å²) in [5.74, 6) is 0.787. The van der Waals surface area contributed by atoms with Crippen LogP contribution in [0.1, 0.15) is 45.6 Å². The number of nitrogens with zero attached hydrogens (tertiary/aromatic N) is 3. The molecule has 0 aromatic carbocycles. The predicted octanol–water partition coefficient (Wildman–Crippen LogP) is 2.40. The largest absolute Gasteiger partial charge is 0.383 e. The zero-order valence-corrected chi connectivity index (χ0v) is 13.9. The molecule has 0 saturated heterocycles. The zero-order chi connectivity index (χ0) is 15.7. The molecule has 0 aliphatic heterocycles. The molecule has 1 unspecified atom stereocenters. The summed E-state index contributed by atoms with van der Waals surface area (Å²) in [6.07, 6.45) is 7.76. The highest BCUT2D eigenvalue weighted by Gasteiger charge is 2.18. The van der Waals surface area contributed by atoms with Gasteiger partial charge in [0.25, 0.3) is 0 Å². The Balaban J connectivity index is 2.82. The lowest BCUT2D eigenvalue weighted by Gasteiger charge is -2.30. The first-order chi connectivity index (χ1) is 10.2. The number of ether oxygens (including phenoxy) is 1. The van der Waals surface area contributed by atoms with Crippen molar-refractivity contribution in [3.63, 3.8) is 0 Å². The lowest BCUT2D eigenvalue weighted by Crippen LogP contribution is -2.38. The molecule has 0 aliphatic rings. The van der Waals surface area contributed by atoms with E-state index in [1.807, 2.05) is 12.4 Å². The van der Waals surface area contributed by atoms with Gasteiger partial charge in [0.15, 0.2) is 0 Å². The van der Waals surface area contributed by atoms with Gasteiger partial charge >= 0.3 is 0 Å². The van der Waals surface area contributed by atoms with Gasteiger partial charge in [0, 0.05) is 38.1 Å². The molecule has 1 heterocycles. The Hall–Kier alpha value is -1.20. The minimum Gasteiger partial charge on any atom is -0.383 e. The van der Waals surface area contributed by atoms with Gasteiger partial charge in [-0.25, -0.2) is 9.97 Å². The molecule has 0 saturated carbocycles. The summed E-state index contributed by atoms with van der Waals surface area (Å²) in [4.78, 5) is 11.3. The number of anilines is 1.